The number of piperidine rings is 1. The molecule has 22 heavy (non-hydrogen) atoms. The van der Waals surface area contributed by atoms with Gasteiger partial charge in [-0.2, -0.15) is 0 Å². The van der Waals surface area contributed by atoms with E-state index in [2.05, 4.69) is 5.32 Å². The van der Waals surface area contributed by atoms with E-state index >= 15 is 0 Å². The standard InChI is InChI=1S/C14H12N2O4.C2H6/c1-7-3-2-4-8-11(7)14(20)16(13(8)19)9-5-6-10(17)15-12(9)18;1-2/h2-4,9H,5-6H2,1H3,(H,15,17,18);1-2H3. The number of nitrogens with zero attached hydrogens (tertiary/aromatic N) is 1. The maximum absolute atomic E-state index is 12.4. The molecule has 0 aromatic heterocycles. The van der Waals surface area contributed by atoms with Gasteiger partial charge in [-0.05, 0) is 25.0 Å². The molecule has 6 heteroatoms. The number of hydrogen-bond donors (Lipinski definition) is 1. The molecule has 1 aromatic carbocycles. The van der Waals surface area contributed by atoms with Gasteiger partial charge in [0.15, 0.2) is 0 Å². The maximum atomic E-state index is 12.4. The second-order valence-corrected chi connectivity index (χ2v) is 4.94. The van der Waals surface area contributed by atoms with Crippen LogP contribution in [0.15, 0.2) is 18.2 Å². The van der Waals surface area contributed by atoms with Crippen molar-refractivity contribution in [2.24, 2.45) is 0 Å². The Labute approximate surface area is 128 Å². The lowest BCUT2D eigenvalue weighted by Gasteiger charge is -2.27. The number of nitrogens with one attached hydrogen (secondary N) is 1. The van der Waals surface area contributed by atoms with E-state index in [0.717, 1.165) is 4.90 Å². The summed E-state index contributed by atoms with van der Waals surface area (Å²) in [4.78, 5) is 48.7. The van der Waals surface area contributed by atoms with Crippen molar-refractivity contribution in [3.63, 3.8) is 0 Å². The van der Waals surface area contributed by atoms with E-state index < -0.39 is 23.8 Å². The third-order valence-corrected chi connectivity index (χ3v) is 3.68. The largest absolute Gasteiger partial charge is 0.295 e. The topological polar surface area (TPSA) is 83.6 Å². The highest BCUT2D eigenvalue weighted by Crippen LogP contribution is 2.29. The Hall–Kier alpha value is -2.50. The van der Waals surface area contributed by atoms with Crippen LogP contribution in [0.5, 0.6) is 0 Å². The third kappa shape index (κ3) is 2.41. The Morgan fingerprint density at radius 2 is 1.77 bits per heavy atom. The first-order chi connectivity index (χ1) is 10.5. The number of aryl methyl sites for hydroxylation is 1. The lowest BCUT2D eigenvalue weighted by atomic mass is 10.0. The fourth-order valence-electron chi connectivity index (χ4n) is 2.68. The molecule has 2 aliphatic heterocycles. The molecule has 1 fully saturated rings. The van der Waals surface area contributed by atoms with Gasteiger partial charge >= 0.3 is 0 Å². The first-order valence-corrected chi connectivity index (χ1v) is 7.32. The Morgan fingerprint density at radius 3 is 2.36 bits per heavy atom. The molecule has 4 amide bonds. The molecule has 0 aliphatic carbocycles. The maximum Gasteiger partial charge on any atom is 0.262 e. The highest BCUT2D eigenvalue weighted by molar-refractivity contribution is 6.24. The van der Waals surface area contributed by atoms with Gasteiger partial charge in [-0.3, -0.25) is 29.4 Å². The molecule has 3 rings (SSSR count). The van der Waals surface area contributed by atoms with Crippen molar-refractivity contribution in [1.29, 1.82) is 0 Å². The minimum atomic E-state index is -0.903. The summed E-state index contributed by atoms with van der Waals surface area (Å²) in [5.41, 5.74) is 1.37. The SMILES string of the molecule is CC.Cc1cccc2c1C(=O)N(C1CCC(=O)NC1=O)C2=O. The average Bonchev–Trinajstić information content (AvgIpc) is 2.75. The van der Waals surface area contributed by atoms with Crippen LogP contribution in [0.25, 0.3) is 0 Å². The van der Waals surface area contributed by atoms with E-state index in [0.29, 0.717) is 16.7 Å². The fourth-order valence-corrected chi connectivity index (χ4v) is 2.68. The molecule has 1 N–H and O–H groups in total. The molecule has 0 bridgehead atoms. The van der Waals surface area contributed by atoms with Crippen LogP contribution < -0.4 is 5.32 Å². The number of carbonyl (C=O) groups is 4. The highest BCUT2D eigenvalue weighted by atomic mass is 16.2. The zero-order valence-corrected chi connectivity index (χ0v) is 12.8. The number of rotatable bonds is 1. The molecule has 0 spiro atoms. The normalized spacial score (nSPS) is 20.3. The van der Waals surface area contributed by atoms with E-state index in [9.17, 15) is 19.2 Å². The van der Waals surface area contributed by atoms with Crippen molar-refractivity contribution < 1.29 is 19.2 Å². The van der Waals surface area contributed by atoms with Gasteiger partial charge in [-0.1, -0.05) is 26.0 Å². The van der Waals surface area contributed by atoms with Gasteiger partial charge in [0.1, 0.15) is 6.04 Å². The fraction of sp³-hybridized carbons (Fsp3) is 0.375. The predicted octanol–water partition coefficient (Wildman–Crippen LogP) is 1.42. The van der Waals surface area contributed by atoms with Crippen molar-refractivity contribution in [2.75, 3.05) is 0 Å². The second-order valence-electron chi connectivity index (χ2n) is 4.94. The van der Waals surface area contributed by atoms with Crippen molar-refractivity contribution in [2.45, 2.75) is 39.7 Å². The van der Waals surface area contributed by atoms with Gasteiger partial charge in [0, 0.05) is 6.42 Å². The van der Waals surface area contributed by atoms with Crippen LogP contribution in [0.2, 0.25) is 0 Å². The third-order valence-electron chi connectivity index (χ3n) is 3.68. The van der Waals surface area contributed by atoms with Crippen molar-refractivity contribution in [3.05, 3.63) is 34.9 Å². The van der Waals surface area contributed by atoms with Gasteiger partial charge in [0.25, 0.3) is 11.8 Å². The summed E-state index contributed by atoms with van der Waals surface area (Å²) >= 11 is 0. The van der Waals surface area contributed by atoms with Gasteiger partial charge < -0.3 is 0 Å². The van der Waals surface area contributed by atoms with E-state index in [4.69, 9.17) is 0 Å². The molecule has 2 aliphatic rings. The number of amides is 4. The van der Waals surface area contributed by atoms with Crippen LogP contribution in [0, 0.1) is 6.92 Å². The monoisotopic (exact) mass is 302 g/mol. The molecular weight excluding hydrogens is 284 g/mol. The lowest BCUT2D eigenvalue weighted by molar-refractivity contribution is -0.136. The van der Waals surface area contributed by atoms with Crippen molar-refractivity contribution >= 4 is 23.6 Å². The number of carbonyl (C=O) groups excluding carboxylic acids is 4. The summed E-state index contributed by atoms with van der Waals surface area (Å²) in [6.45, 7) is 5.75. The summed E-state index contributed by atoms with van der Waals surface area (Å²) in [7, 11) is 0. The Bertz CT molecular complexity index is 666. The minimum Gasteiger partial charge on any atom is -0.295 e. The van der Waals surface area contributed by atoms with Crippen LogP contribution >= 0.6 is 0 Å². The molecule has 116 valence electrons. The van der Waals surface area contributed by atoms with Crippen molar-refractivity contribution in [1.82, 2.24) is 10.2 Å². The molecule has 2 heterocycles. The lowest BCUT2D eigenvalue weighted by Crippen LogP contribution is -2.54. The van der Waals surface area contributed by atoms with E-state index in [-0.39, 0.29) is 18.7 Å². The summed E-state index contributed by atoms with van der Waals surface area (Å²) in [5.74, 6) is -1.90. The van der Waals surface area contributed by atoms with Gasteiger partial charge in [-0.25, -0.2) is 0 Å². The minimum absolute atomic E-state index is 0.128. The molecule has 1 unspecified atom stereocenters. The summed E-state index contributed by atoms with van der Waals surface area (Å²) in [5, 5.41) is 2.16. The molecule has 6 nitrogen and oxygen atoms in total. The molecule has 0 saturated carbocycles. The zero-order valence-electron chi connectivity index (χ0n) is 12.8. The number of hydrogen-bond acceptors (Lipinski definition) is 4. The van der Waals surface area contributed by atoms with Crippen LogP contribution in [-0.4, -0.2) is 34.6 Å². The summed E-state index contributed by atoms with van der Waals surface area (Å²) in [6.07, 6.45) is 0.304. The van der Waals surface area contributed by atoms with Crippen LogP contribution in [0.3, 0.4) is 0 Å². The molecule has 1 aromatic rings. The molecule has 1 atom stereocenters. The van der Waals surface area contributed by atoms with Gasteiger partial charge in [-0.15, -0.1) is 0 Å². The summed E-state index contributed by atoms with van der Waals surface area (Å²) < 4.78 is 0. The quantitative estimate of drug-likeness (QED) is 0.795. The molecule has 0 radical (unpaired) electrons. The smallest absolute Gasteiger partial charge is 0.262 e. The Balaban J connectivity index is 0.000000847. The first kappa shape index (κ1) is 15.9. The van der Waals surface area contributed by atoms with Gasteiger partial charge in [0.05, 0.1) is 11.1 Å². The second kappa shape index (κ2) is 6.09. The zero-order chi connectivity index (χ0) is 16.4. The van der Waals surface area contributed by atoms with E-state index in [1.54, 1.807) is 25.1 Å². The highest BCUT2D eigenvalue weighted by Gasteiger charge is 2.44. The predicted molar refractivity (Wildman–Crippen MR) is 79.2 cm³/mol. The average molecular weight is 302 g/mol. The molecule has 1 saturated heterocycles. The Kier molecular flexibility index (Phi) is 4.40. The van der Waals surface area contributed by atoms with Crippen LogP contribution in [-0.2, 0) is 9.59 Å². The Morgan fingerprint density at radius 1 is 1.09 bits per heavy atom. The van der Waals surface area contributed by atoms with Crippen LogP contribution in [0.1, 0.15) is 53.0 Å². The number of benzene rings is 1. The molecular formula is C16H18N2O4. The van der Waals surface area contributed by atoms with Crippen LogP contribution in [0.4, 0.5) is 0 Å². The van der Waals surface area contributed by atoms with E-state index in [1.807, 2.05) is 13.8 Å². The van der Waals surface area contributed by atoms with Gasteiger partial charge in [0.2, 0.25) is 11.8 Å². The first-order valence-electron chi connectivity index (χ1n) is 7.32. The number of fused-ring (bicyclic) bond motifs is 1. The summed E-state index contributed by atoms with van der Waals surface area (Å²) in [6, 6.07) is 4.12. The number of imide groups is 2. The van der Waals surface area contributed by atoms with E-state index in [1.165, 1.54) is 0 Å². The van der Waals surface area contributed by atoms with Crippen molar-refractivity contribution in [3.8, 4) is 0 Å².